The zero-order valence-electron chi connectivity index (χ0n) is 16.8. The van der Waals surface area contributed by atoms with Crippen LogP contribution in [0.3, 0.4) is 0 Å². The molecule has 1 aromatic heterocycles. The first kappa shape index (κ1) is 22.0. The van der Waals surface area contributed by atoms with Gasteiger partial charge in [0.25, 0.3) is 0 Å². The van der Waals surface area contributed by atoms with E-state index in [1.165, 1.54) is 24.1 Å². The highest BCUT2D eigenvalue weighted by Crippen LogP contribution is 2.28. The van der Waals surface area contributed by atoms with E-state index in [0.29, 0.717) is 11.6 Å². The molecule has 1 atom stereocenters. The second-order valence-electron chi connectivity index (χ2n) is 6.50. The molecule has 152 valence electrons. The molecule has 1 heterocycles. The highest BCUT2D eigenvalue weighted by atomic mass is 32.2. The molecule has 0 saturated carbocycles. The van der Waals surface area contributed by atoms with E-state index < -0.39 is 11.6 Å². The van der Waals surface area contributed by atoms with Crippen molar-refractivity contribution < 1.29 is 8.78 Å². The highest BCUT2D eigenvalue weighted by Gasteiger charge is 2.14. The molecule has 2 aromatic rings. The number of anilines is 2. The van der Waals surface area contributed by atoms with Crippen LogP contribution in [0.5, 0.6) is 0 Å². The number of benzene rings is 1. The first-order chi connectivity index (χ1) is 13.5. The summed E-state index contributed by atoms with van der Waals surface area (Å²) in [5.74, 6) is -0.0802. The van der Waals surface area contributed by atoms with E-state index in [-0.39, 0.29) is 11.4 Å². The van der Waals surface area contributed by atoms with Gasteiger partial charge in [-0.2, -0.15) is 0 Å². The first-order valence-electron chi connectivity index (χ1n) is 9.47. The van der Waals surface area contributed by atoms with Gasteiger partial charge in [0.1, 0.15) is 11.5 Å². The number of hydrogen-bond acceptors (Lipinski definition) is 5. The zero-order chi connectivity index (χ0) is 20.5. The van der Waals surface area contributed by atoms with Gasteiger partial charge in [0.2, 0.25) is 0 Å². The second kappa shape index (κ2) is 10.9. The van der Waals surface area contributed by atoms with Gasteiger partial charge in [-0.1, -0.05) is 32.7 Å². The number of hydrogen-bond donors (Lipinski definition) is 3. The van der Waals surface area contributed by atoms with E-state index in [4.69, 9.17) is 0 Å². The van der Waals surface area contributed by atoms with E-state index in [0.717, 1.165) is 29.7 Å². The lowest BCUT2D eigenvalue weighted by molar-refractivity contribution is 0.593. The molecule has 0 amide bonds. The van der Waals surface area contributed by atoms with E-state index in [2.05, 4.69) is 34.2 Å². The van der Waals surface area contributed by atoms with E-state index in [1.807, 2.05) is 19.2 Å². The van der Waals surface area contributed by atoms with Crippen LogP contribution in [-0.2, 0) is 0 Å². The molecule has 4 nitrogen and oxygen atoms in total. The van der Waals surface area contributed by atoms with Crippen LogP contribution >= 0.6 is 11.9 Å². The minimum absolute atomic E-state index is 0.194. The summed E-state index contributed by atoms with van der Waals surface area (Å²) < 4.78 is 31.8. The van der Waals surface area contributed by atoms with Gasteiger partial charge >= 0.3 is 0 Å². The lowest BCUT2D eigenvalue weighted by Crippen LogP contribution is -2.09. The summed E-state index contributed by atoms with van der Waals surface area (Å²) in [5, 5.41) is 5.83. The molecule has 0 saturated heterocycles. The number of halogens is 2. The zero-order valence-corrected chi connectivity index (χ0v) is 17.6. The molecule has 0 bridgehead atoms. The van der Waals surface area contributed by atoms with Gasteiger partial charge in [-0.15, -0.1) is 0 Å². The second-order valence-corrected chi connectivity index (χ2v) is 7.40. The fraction of sp³-hybridized carbons (Fsp3) is 0.381. The van der Waals surface area contributed by atoms with Crippen molar-refractivity contribution in [3.63, 3.8) is 0 Å². The Bertz CT molecular complexity index is 811. The third-order valence-corrected chi connectivity index (χ3v) is 5.44. The highest BCUT2D eigenvalue weighted by molar-refractivity contribution is 8.00. The quantitative estimate of drug-likeness (QED) is 0.335. The molecule has 0 aliphatic rings. The Kier molecular flexibility index (Phi) is 8.57. The van der Waals surface area contributed by atoms with Crippen molar-refractivity contribution in [3.05, 3.63) is 59.6 Å². The Balaban J connectivity index is 2.26. The lowest BCUT2D eigenvalue weighted by Gasteiger charge is -2.14. The average molecular weight is 407 g/mol. The Morgan fingerprint density at radius 3 is 2.71 bits per heavy atom. The molecule has 1 aromatic carbocycles. The van der Waals surface area contributed by atoms with Crippen molar-refractivity contribution in [2.24, 2.45) is 0 Å². The van der Waals surface area contributed by atoms with Crippen molar-refractivity contribution in [2.45, 2.75) is 39.5 Å². The van der Waals surface area contributed by atoms with E-state index in [1.54, 1.807) is 19.4 Å². The normalized spacial score (nSPS) is 12.6. The van der Waals surface area contributed by atoms with Gasteiger partial charge in [-0.25, -0.2) is 8.78 Å². The Hall–Kier alpha value is -2.28. The van der Waals surface area contributed by atoms with Gasteiger partial charge in [0.15, 0.2) is 5.82 Å². The average Bonchev–Trinajstić information content (AvgIpc) is 2.72. The lowest BCUT2D eigenvalue weighted by atomic mass is 9.99. The van der Waals surface area contributed by atoms with Gasteiger partial charge < -0.3 is 15.4 Å². The minimum Gasteiger partial charge on any atom is -0.386 e. The Labute approximate surface area is 170 Å². The third kappa shape index (κ3) is 5.61. The van der Waals surface area contributed by atoms with Crippen molar-refractivity contribution in [1.29, 1.82) is 0 Å². The molecule has 0 fully saturated rings. The maximum absolute atomic E-state index is 14.7. The molecule has 0 spiro atoms. The van der Waals surface area contributed by atoms with Crippen molar-refractivity contribution in [2.75, 3.05) is 22.8 Å². The predicted molar refractivity (Wildman–Crippen MR) is 116 cm³/mol. The summed E-state index contributed by atoms with van der Waals surface area (Å²) in [6.07, 6.45) is 7.10. The molecule has 28 heavy (non-hydrogen) atoms. The number of nitrogens with zero attached hydrogens (tertiary/aromatic N) is 1. The van der Waals surface area contributed by atoms with Crippen LogP contribution in [0, 0.1) is 11.6 Å². The number of pyridine rings is 1. The third-order valence-electron chi connectivity index (χ3n) is 4.46. The SMILES string of the molecule is CCCSNc1ccc(F)c(N/C=C(\NC)c2cncc(C(C)CC)c2)c1F. The standard InChI is InChI=1S/C21H28F2N4S/c1-5-9-28-27-18-8-7-17(22)21(20(18)23)26-13-19(24-4)16-10-15(11-25-12-16)14(3)6-2/h7-8,10-14,24,26-27H,5-6,9H2,1-4H3/b19-13-. The smallest absolute Gasteiger partial charge is 0.173 e. The number of aromatic nitrogens is 1. The summed E-state index contributed by atoms with van der Waals surface area (Å²) in [5.41, 5.74) is 2.72. The Morgan fingerprint density at radius 2 is 2.04 bits per heavy atom. The van der Waals surface area contributed by atoms with Crippen LogP contribution in [0.4, 0.5) is 20.2 Å². The van der Waals surface area contributed by atoms with E-state index >= 15 is 0 Å². The fourth-order valence-corrected chi connectivity index (χ4v) is 3.17. The van der Waals surface area contributed by atoms with Crippen molar-refractivity contribution >= 4 is 29.0 Å². The molecule has 0 aliphatic heterocycles. The predicted octanol–water partition coefficient (Wildman–Crippen LogP) is 5.97. The monoisotopic (exact) mass is 406 g/mol. The molecule has 3 N–H and O–H groups in total. The van der Waals surface area contributed by atoms with Crippen LogP contribution in [0.1, 0.15) is 50.7 Å². The molecule has 0 radical (unpaired) electrons. The van der Waals surface area contributed by atoms with Crippen LogP contribution < -0.4 is 15.4 Å². The van der Waals surface area contributed by atoms with Gasteiger partial charge in [0, 0.05) is 37.0 Å². The summed E-state index contributed by atoms with van der Waals surface area (Å²) in [6.45, 7) is 6.30. The minimum atomic E-state index is -0.651. The van der Waals surface area contributed by atoms with Crippen LogP contribution in [0.2, 0.25) is 0 Å². The van der Waals surface area contributed by atoms with Crippen molar-refractivity contribution in [1.82, 2.24) is 10.3 Å². The molecular weight excluding hydrogens is 378 g/mol. The van der Waals surface area contributed by atoms with Crippen LogP contribution in [0.15, 0.2) is 36.8 Å². The van der Waals surface area contributed by atoms with Gasteiger partial charge in [0.05, 0.1) is 11.4 Å². The summed E-state index contributed by atoms with van der Waals surface area (Å²) in [6, 6.07) is 4.69. The van der Waals surface area contributed by atoms with E-state index in [9.17, 15) is 8.78 Å². The molecular formula is C21H28F2N4S. The van der Waals surface area contributed by atoms with Gasteiger partial charge in [-0.05, 0) is 42.5 Å². The maximum Gasteiger partial charge on any atom is 0.173 e. The maximum atomic E-state index is 14.7. The fourth-order valence-electron chi connectivity index (χ4n) is 2.55. The first-order valence-corrected chi connectivity index (χ1v) is 10.5. The number of rotatable bonds is 10. The molecule has 2 rings (SSSR count). The summed E-state index contributed by atoms with van der Waals surface area (Å²) in [4.78, 5) is 4.30. The molecule has 1 unspecified atom stereocenters. The van der Waals surface area contributed by atoms with Crippen molar-refractivity contribution in [3.8, 4) is 0 Å². The molecule has 7 heteroatoms. The number of nitrogens with one attached hydrogen (secondary N) is 3. The molecule has 0 aliphatic carbocycles. The summed E-state index contributed by atoms with van der Waals surface area (Å²) in [7, 11) is 1.76. The van der Waals surface area contributed by atoms with Gasteiger partial charge in [-0.3, -0.25) is 4.98 Å². The van der Waals surface area contributed by atoms with Crippen LogP contribution in [0.25, 0.3) is 5.70 Å². The Morgan fingerprint density at radius 1 is 1.25 bits per heavy atom. The topological polar surface area (TPSA) is 49.0 Å². The van der Waals surface area contributed by atoms with Crippen LogP contribution in [-0.4, -0.2) is 17.8 Å². The summed E-state index contributed by atoms with van der Waals surface area (Å²) >= 11 is 1.39. The largest absolute Gasteiger partial charge is 0.386 e.